The molecule has 1 aromatic rings. The largest absolute Gasteiger partial charge is 0.433 e. The van der Waals surface area contributed by atoms with Gasteiger partial charge in [0.05, 0.1) is 16.2 Å². The van der Waals surface area contributed by atoms with Crippen LogP contribution in [-0.4, -0.2) is 9.54 Å². The summed E-state index contributed by atoms with van der Waals surface area (Å²) in [6, 6.07) is 2.09. The first kappa shape index (κ1) is 14.6. The molecule has 1 aromatic heterocycles. The monoisotopic (exact) mass is 277 g/mol. The normalized spacial score (nSPS) is 15.1. The van der Waals surface area contributed by atoms with E-state index in [9.17, 15) is 17.7 Å². The number of pyridine rings is 1. The van der Waals surface area contributed by atoms with Crippen LogP contribution >= 0.6 is 0 Å². The first-order valence-corrected chi connectivity index (χ1v) is 6.15. The summed E-state index contributed by atoms with van der Waals surface area (Å²) in [6.07, 6.45) is -1.52. The van der Waals surface area contributed by atoms with Gasteiger partial charge in [-0.1, -0.05) is 13.0 Å². The smallest absolute Gasteiger partial charge is 0.320 e. The fourth-order valence-corrected chi connectivity index (χ4v) is 2.27. The van der Waals surface area contributed by atoms with Gasteiger partial charge in [0.25, 0.3) is 0 Å². The second kappa shape index (κ2) is 5.93. The summed E-state index contributed by atoms with van der Waals surface area (Å²) in [6.45, 7) is 1.74. The van der Waals surface area contributed by atoms with Crippen LogP contribution in [0.5, 0.6) is 0 Å². The third kappa shape index (κ3) is 3.51. The first-order valence-electron chi connectivity index (χ1n) is 4.95. The highest BCUT2D eigenvalue weighted by atomic mass is 32.2. The summed E-state index contributed by atoms with van der Waals surface area (Å²) in [5.74, 6) is 0. The van der Waals surface area contributed by atoms with Crippen LogP contribution in [0.25, 0.3) is 0 Å². The fraction of sp³-hybridized carbons (Fsp3) is 0.400. The third-order valence-corrected chi connectivity index (χ3v) is 3.59. The second-order valence-corrected chi connectivity index (χ2v) is 4.69. The predicted octanol–water partition coefficient (Wildman–Crippen LogP) is 3.31. The van der Waals surface area contributed by atoms with E-state index in [2.05, 4.69) is 9.35 Å². The molecule has 0 unspecified atom stereocenters. The van der Waals surface area contributed by atoms with E-state index in [1.165, 1.54) is 12.3 Å². The fourth-order valence-electron chi connectivity index (χ4n) is 1.38. The number of hydrogen-bond donors (Lipinski definition) is 1. The number of alkyl halides is 3. The topological polar surface area (TPSA) is 69.3 Å². The van der Waals surface area contributed by atoms with Gasteiger partial charge in [0.2, 0.25) is 6.19 Å². The zero-order chi connectivity index (χ0) is 13.8. The Bertz CT molecular complexity index is 479. The van der Waals surface area contributed by atoms with Crippen LogP contribution < -0.4 is 0 Å². The lowest BCUT2D eigenvalue weighted by atomic mass is 10.1. The summed E-state index contributed by atoms with van der Waals surface area (Å²) in [4.78, 5) is 3.31. The zero-order valence-corrected chi connectivity index (χ0v) is 10.2. The van der Waals surface area contributed by atoms with Crippen molar-refractivity contribution in [2.45, 2.75) is 24.8 Å². The molecule has 98 valence electrons. The highest BCUT2D eigenvalue weighted by Crippen LogP contribution is 2.29. The number of rotatable bonds is 3. The Morgan fingerprint density at radius 3 is 2.61 bits per heavy atom. The standard InChI is InChI=1S/C10H10F3N3OS/c1-2-8(18(17)16-6-14)7-3-4-9(15-5-7)10(11,12)13/h3-5,8H,2H2,1H3,(H,16,17)/t8-,18+/m0/s1. The van der Waals surface area contributed by atoms with Gasteiger partial charge in [0.15, 0.2) is 0 Å². The molecule has 0 spiro atoms. The molecule has 0 radical (unpaired) electrons. The molecule has 2 atom stereocenters. The molecule has 0 saturated carbocycles. The maximum Gasteiger partial charge on any atom is 0.433 e. The second-order valence-electron chi connectivity index (χ2n) is 3.36. The zero-order valence-electron chi connectivity index (χ0n) is 9.35. The molecule has 4 nitrogen and oxygen atoms in total. The van der Waals surface area contributed by atoms with Crippen LogP contribution in [0.15, 0.2) is 22.7 Å². The minimum atomic E-state index is -4.49. The van der Waals surface area contributed by atoms with Crippen molar-refractivity contribution in [3.05, 3.63) is 29.6 Å². The van der Waals surface area contributed by atoms with Crippen LogP contribution in [0.2, 0.25) is 0 Å². The molecule has 0 aromatic carbocycles. The third-order valence-electron chi connectivity index (χ3n) is 2.21. The molecular weight excluding hydrogens is 267 g/mol. The molecule has 0 aliphatic rings. The molecule has 1 heterocycles. The summed E-state index contributed by atoms with van der Waals surface area (Å²) < 4.78 is 49.8. The van der Waals surface area contributed by atoms with E-state index in [1.54, 1.807) is 6.92 Å². The van der Waals surface area contributed by atoms with Gasteiger partial charge in [0, 0.05) is 6.20 Å². The number of halogens is 3. The Hall–Kier alpha value is -1.46. The molecule has 0 saturated heterocycles. The van der Waals surface area contributed by atoms with Crippen LogP contribution in [0, 0.1) is 11.5 Å². The lowest BCUT2D eigenvalue weighted by Crippen LogP contribution is -2.10. The summed E-state index contributed by atoms with van der Waals surface area (Å²) in [5.41, 5.74) is -0.563. The molecule has 8 heteroatoms. The maximum atomic E-state index is 12.3. The number of nitriles is 1. The number of hydrogen-bond acceptors (Lipinski definition) is 3. The minimum Gasteiger partial charge on any atom is -0.320 e. The van der Waals surface area contributed by atoms with Gasteiger partial charge in [-0.15, -0.1) is 4.36 Å². The molecule has 18 heavy (non-hydrogen) atoms. The van der Waals surface area contributed by atoms with Crippen molar-refractivity contribution < 1.29 is 17.7 Å². The van der Waals surface area contributed by atoms with Gasteiger partial charge in [-0.05, 0) is 18.1 Å². The average molecular weight is 277 g/mol. The van der Waals surface area contributed by atoms with E-state index >= 15 is 0 Å². The van der Waals surface area contributed by atoms with Crippen molar-refractivity contribution >= 4 is 11.0 Å². The molecule has 0 amide bonds. The molecular formula is C10H10F3N3OS. The van der Waals surface area contributed by atoms with Crippen molar-refractivity contribution in [2.24, 2.45) is 4.36 Å². The van der Waals surface area contributed by atoms with Crippen molar-refractivity contribution in [1.29, 1.82) is 5.26 Å². The Labute approximate surface area is 104 Å². The van der Waals surface area contributed by atoms with Crippen LogP contribution in [0.1, 0.15) is 29.9 Å². The van der Waals surface area contributed by atoms with Gasteiger partial charge in [-0.3, -0.25) is 4.98 Å². The van der Waals surface area contributed by atoms with Gasteiger partial charge in [-0.2, -0.15) is 18.4 Å². The van der Waals surface area contributed by atoms with Gasteiger partial charge in [-0.25, -0.2) is 0 Å². The van der Waals surface area contributed by atoms with Crippen molar-refractivity contribution in [3.63, 3.8) is 0 Å². The van der Waals surface area contributed by atoms with Crippen LogP contribution in [-0.2, 0) is 17.1 Å². The lowest BCUT2D eigenvalue weighted by Gasteiger charge is -2.14. The van der Waals surface area contributed by atoms with Gasteiger partial charge < -0.3 is 4.55 Å². The lowest BCUT2D eigenvalue weighted by molar-refractivity contribution is -0.141. The van der Waals surface area contributed by atoms with E-state index in [0.717, 1.165) is 12.3 Å². The highest BCUT2D eigenvalue weighted by Gasteiger charge is 2.32. The van der Waals surface area contributed by atoms with Gasteiger partial charge in [0.1, 0.15) is 5.69 Å². The summed E-state index contributed by atoms with van der Waals surface area (Å²) in [7, 11) is -1.54. The summed E-state index contributed by atoms with van der Waals surface area (Å²) >= 11 is 0. The average Bonchev–Trinajstić information content (AvgIpc) is 2.30. The van der Waals surface area contributed by atoms with Gasteiger partial charge >= 0.3 is 6.18 Å². The van der Waals surface area contributed by atoms with E-state index in [0.29, 0.717) is 12.0 Å². The molecule has 0 aliphatic carbocycles. The Kier molecular flexibility index (Phi) is 4.81. The molecule has 0 aliphatic heterocycles. The van der Waals surface area contributed by atoms with E-state index in [1.807, 2.05) is 0 Å². The Morgan fingerprint density at radius 1 is 1.56 bits per heavy atom. The maximum absolute atomic E-state index is 12.3. The molecule has 0 bridgehead atoms. The Balaban J connectivity index is 3.04. The molecule has 1 N–H and O–H groups in total. The van der Waals surface area contributed by atoms with Crippen LogP contribution in [0.3, 0.4) is 0 Å². The molecule has 1 rings (SSSR count). The molecule has 0 fully saturated rings. The van der Waals surface area contributed by atoms with Crippen LogP contribution in [0.4, 0.5) is 13.2 Å². The highest BCUT2D eigenvalue weighted by molar-refractivity contribution is 7.82. The van der Waals surface area contributed by atoms with Crippen molar-refractivity contribution in [1.82, 2.24) is 4.98 Å². The number of aromatic nitrogens is 1. The van der Waals surface area contributed by atoms with Crippen molar-refractivity contribution in [3.8, 4) is 6.19 Å². The quantitative estimate of drug-likeness (QED) is 0.862. The Morgan fingerprint density at radius 2 is 2.22 bits per heavy atom. The summed E-state index contributed by atoms with van der Waals surface area (Å²) in [5, 5.41) is 7.83. The number of nitrogens with zero attached hydrogens (tertiary/aromatic N) is 3. The van der Waals surface area contributed by atoms with E-state index in [-0.39, 0.29) is 0 Å². The van der Waals surface area contributed by atoms with E-state index in [4.69, 9.17) is 5.26 Å². The predicted molar refractivity (Wildman–Crippen MR) is 60.3 cm³/mol. The minimum absolute atomic E-state index is 0.426. The first-order chi connectivity index (χ1) is 8.40. The SMILES string of the molecule is CC[C@@H](c1ccc(C(F)(F)F)nc1)[S@@](O)=NC#N. The van der Waals surface area contributed by atoms with Crippen molar-refractivity contribution in [2.75, 3.05) is 0 Å². The van der Waals surface area contributed by atoms with E-state index < -0.39 is 28.1 Å².